The van der Waals surface area contributed by atoms with Gasteiger partial charge in [-0.25, -0.2) is 0 Å². The minimum atomic E-state index is -0.328. The highest BCUT2D eigenvalue weighted by molar-refractivity contribution is 5.77. The highest BCUT2D eigenvalue weighted by Crippen LogP contribution is 1.98. The van der Waals surface area contributed by atoms with Gasteiger partial charge in [0.1, 0.15) is 0 Å². The van der Waals surface area contributed by atoms with Crippen LogP contribution in [0.15, 0.2) is 0 Å². The molecule has 0 radical (unpaired) electrons. The quantitative estimate of drug-likeness (QED) is 0.503. The first-order chi connectivity index (χ1) is 6.85. The van der Waals surface area contributed by atoms with Gasteiger partial charge >= 0.3 is 5.97 Å². The Hall–Kier alpha value is -1.10. The fourth-order valence-electron chi connectivity index (χ4n) is 0.945. The molecule has 0 aliphatic carbocycles. The van der Waals surface area contributed by atoms with Crippen LogP contribution in [0.3, 0.4) is 0 Å². The Kier molecular flexibility index (Phi) is 5.93. The van der Waals surface area contributed by atoms with Crippen molar-refractivity contribution in [1.29, 1.82) is 0 Å². The van der Waals surface area contributed by atoms with Crippen molar-refractivity contribution >= 4 is 11.9 Å². The van der Waals surface area contributed by atoms with Crippen LogP contribution in [-0.2, 0) is 14.3 Å². The molecule has 0 saturated carbocycles. The first kappa shape index (κ1) is 13.9. The third-order valence-electron chi connectivity index (χ3n) is 1.54. The van der Waals surface area contributed by atoms with Gasteiger partial charge in [-0.1, -0.05) is 0 Å². The van der Waals surface area contributed by atoms with E-state index in [0.717, 1.165) is 0 Å². The summed E-state index contributed by atoms with van der Waals surface area (Å²) in [5.41, 5.74) is -0.209. The number of hydrogen-bond donors (Lipinski definition) is 2. The van der Waals surface area contributed by atoms with Crippen molar-refractivity contribution in [1.82, 2.24) is 10.6 Å². The number of methoxy groups -OCH3 is 1. The predicted molar refractivity (Wildman–Crippen MR) is 57.4 cm³/mol. The summed E-state index contributed by atoms with van der Waals surface area (Å²) in [6.07, 6.45) is 0.355. The molecule has 0 aromatic rings. The molecule has 2 N–H and O–H groups in total. The molecule has 0 aliphatic heterocycles. The largest absolute Gasteiger partial charge is 0.468 e. The Labute approximate surface area is 90.6 Å². The molecule has 0 aliphatic rings. The maximum absolute atomic E-state index is 11.3. The van der Waals surface area contributed by atoms with Gasteiger partial charge in [0.15, 0.2) is 0 Å². The van der Waals surface area contributed by atoms with E-state index in [1.165, 1.54) is 7.11 Å². The van der Waals surface area contributed by atoms with E-state index in [-0.39, 0.29) is 24.0 Å². The Balaban J connectivity index is 3.52. The summed E-state index contributed by atoms with van der Waals surface area (Å²) in [6.45, 7) is 6.38. The second kappa shape index (κ2) is 6.40. The van der Waals surface area contributed by atoms with Crippen LogP contribution in [0.5, 0.6) is 0 Å². The zero-order chi connectivity index (χ0) is 11.9. The Bertz CT molecular complexity index is 221. The highest BCUT2D eigenvalue weighted by atomic mass is 16.5. The maximum atomic E-state index is 11.3. The van der Waals surface area contributed by atoms with E-state index < -0.39 is 0 Å². The zero-order valence-corrected chi connectivity index (χ0v) is 9.85. The molecule has 0 heterocycles. The molecule has 88 valence electrons. The Morgan fingerprint density at radius 1 is 1.27 bits per heavy atom. The molecule has 1 amide bonds. The lowest BCUT2D eigenvalue weighted by Gasteiger charge is -2.20. The minimum absolute atomic E-state index is 0.0279. The highest BCUT2D eigenvalue weighted by Gasteiger charge is 2.12. The van der Waals surface area contributed by atoms with Crippen LogP contribution in [-0.4, -0.2) is 37.6 Å². The first-order valence-corrected chi connectivity index (χ1v) is 4.93. The average Bonchev–Trinajstić information content (AvgIpc) is 2.09. The summed E-state index contributed by atoms with van der Waals surface area (Å²) in [4.78, 5) is 22.0. The number of nitrogens with one attached hydrogen (secondary N) is 2. The van der Waals surface area contributed by atoms with Gasteiger partial charge < -0.3 is 15.4 Å². The molecule has 0 unspecified atom stereocenters. The smallest absolute Gasteiger partial charge is 0.319 e. The van der Waals surface area contributed by atoms with Crippen molar-refractivity contribution in [2.75, 3.05) is 20.2 Å². The molecule has 0 rings (SSSR count). The number of amides is 1. The topological polar surface area (TPSA) is 67.4 Å². The fourth-order valence-corrected chi connectivity index (χ4v) is 0.945. The van der Waals surface area contributed by atoms with Gasteiger partial charge in [0, 0.05) is 18.5 Å². The minimum Gasteiger partial charge on any atom is -0.468 e. The summed E-state index contributed by atoms with van der Waals surface area (Å²) in [5.74, 6) is -0.355. The molecular formula is C10H20N2O3. The first-order valence-electron chi connectivity index (χ1n) is 4.93. The molecule has 5 heteroatoms. The monoisotopic (exact) mass is 216 g/mol. The van der Waals surface area contributed by atoms with Crippen LogP contribution in [0.1, 0.15) is 27.2 Å². The molecule has 0 spiro atoms. The lowest BCUT2D eigenvalue weighted by Crippen LogP contribution is -2.41. The lowest BCUT2D eigenvalue weighted by atomic mass is 10.1. The van der Waals surface area contributed by atoms with Crippen molar-refractivity contribution in [3.05, 3.63) is 0 Å². The normalized spacial score (nSPS) is 10.9. The molecule has 0 aromatic carbocycles. The SMILES string of the molecule is COC(=O)CNCCC(=O)NC(C)(C)C. The number of carbonyl (C=O) groups excluding carboxylic acids is 2. The predicted octanol–water partition coefficient (Wildman–Crippen LogP) is 0.0538. The van der Waals surface area contributed by atoms with Crippen molar-refractivity contribution in [3.8, 4) is 0 Å². The van der Waals surface area contributed by atoms with Crippen molar-refractivity contribution in [3.63, 3.8) is 0 Å². The van der Waals surface area contributed by atoms with Crippen molar-refractivity contribution in [2.45, 2.75) is 32.7 Å². The lowest BCUT2D eigenvalue weighted by molar-refractivity contribution is -0.139. The molecule has 0 fully saturated rings. The average molecular weight is 216 g/mol. The second-order valence-electron chi connectivity index (χ2n) is 4.30. The van der Waals surface area contributed by atoms with Gasteiger partial charge in [-0.15, -0.1) is 0 Å². The van der Waals surface area contributed by atoms with E-state index >= 15 is 0 Å². The maximum Gasteiger partial charge on any atom is 0.319 e. The molecule has 5 nitrogen and oxygen atoms in total. The fraction of sp³-hybridized carbons (Fsp3) is 0.800. The zero-order valence-electron chi connectivity index (χ0n) is 9.85. The van der Waals surface area contributed by atoms with Crippen LogP contribution < -0.4 is 10.6 Å². The summed E-state index contributed by atoms with van der Waals surface area (Å²) in [5, 5.41) is 5.64. The van der Waals surface area contributed by atoms with E-state index in [4.69, 9.17) is 0 Å². The van der Waals surface area contributed by atoms with E-state index in [2.05, 4.69) is 15.4 Å². The summed E-state index contributed by atoms with van der Waals surface area (Å²) < 4.78 is 4.44. The standard InChI is InChI=1S/C10H20N2O3/c1-10(2,3)12-8(13)5-6-11-7-9(14)15-4/h11H,5-7H2,1-4H3,(H,12,13). The van der Waals surface area contributed by atoms with Crippen molar-refractivity contribution in [2.24, 2.45) is 0 Å². The van der Waals surface area contributed by atoms with E-state index in [1.54, 1.807) is 0 Å². The molecule has 0 bridgehead atoms. The number of hydrogen-bond acceptors (Lipinski definition) is 4. The van der Waals surface area contributed by atoms with E-state index in [0.29, 0.717) is 13.0 Å². The van der Waals surface area contributed by atoms with Crippen LogP contribution in [0.4, 0.5) is 0 Å². The van der Waals surface area contributed by atoms with Gasteiger partial charge in [0.25, 0.3) is 0 Å². The van der Waals surface area contributed by atoms with Gasteiger partial charge in [0.05, 0.1) is 13.7 Å². The Morgan fingerprint density at radius 2 is 1.87 bits per heavy atom. The third-order valence-corrected chi connectivity index (χ3v) is 1.54. The number of esters is 1. The van der Waals surface area contributed by atoms with Gasteiger partial charge in [-0.2, -0.15) is 0 Å². The van der Waals surface area contributed by atoms with Gasteiger partial charge in [-0.3, -0.25) is 9.59 Å². The summed E-state index contributed by atoms with van der Waals surface area (Å²) >= 11 is 0. The van der Waals surface area contributed by atoms with E-state index in [9.17, 15) is 9.59 Å². The Morgan fingerprint density at radius 3 is 2.33 bits per heavy atom. The number of carbonyl (C=O) groups is 2. The van der Waals surface area contributed by atoms with Gasteiger partial charge in [-0.05, 0) is 20.8 Å². The molecule has 0 aromatic heterocycles. The summed E-state index contributed by atoms with van der Waals surface area (Å²) in [6, 6.07) is 0. The molecule has 0 saturated heterocycles. The summed E-state index contributed by atoms with van der Waals surface area (Å²) in [7, 11) is 1.33. The van der Waals surface area contributed by atoms with Crippen LogP contribution in [0.25, 0.3) is 0 Å². The molecular weight excluding hydrogens is 196 g/mol. The van der Waals surface area contributed by atoms with Crippen LogP contribution in [0, 0.1) is 0 Å². The third kappa shape index (κ3) is 9.21. The van der Waals surface area contributed by atoms with E-state index in [1.807, 2.05) is 20.8 Å². The van der Waals surface area contributed by atoms with Crippen LogP contribution in [0.2, 0.25) is 0 Å². The number of rotatable bonds is 5. The van der Waals surface area contributed by atoms with Crippen molar-refractivity contribution < 1.29 is 14.3 Å². The molecule has 0 atom stereocenters. The van der Waals surface area contributed by atoms with Gasteiger partial charge in [0.2, 0.25) is 5.91 Å². The number of ether oxygens (including phenoxy) is 1. The molecule has 15 heavy (non-hydrogen) atoms. The van der Waals surface area contributed by atoms with Crippen LogP contribution >= 0.6 is 0 Å². The second-order valence-corrected chi connectivity index (χ2v) is 4.30.